The Hall–Kier alpha value is -4.17. The molecule has 0 aliphatic rings. The number of benzene rings is 3. The lowest BCUT2D eigenvalue weighted by atomic mass is 9.93. The van der Waals surface area contributed by atoms with Crippen molar-refractivity contribution in [3.05, 3.63) is 107 Å². The van der Waals surface area contributed by atoms with Gasteiger partial charge in [-0.3, -0.25) is 4.79 Å². The third-order valence-electron chi connectivity index (χ3n) is 6.12. The number of aromatic nitrogens is 2. The molecular formula is C28H25N3O2. The van der Waals surface area contributed by atoms with Crippen molar-refractivity contribution in [2.75, 3.05) is 7.11 Å². The molecule has 0 aliphatic heterocycles. The lowest BCUT2D eigenvalue weighted by Crippen LogP contribution is -2.30. The van der Waals surface area contributed by atoms with Crippen LogP contribution < -0.4 is 10.3 Å². The fourth-order valence-corrected chi connectivity index (χ4v) is 4.02. The molecule has 0 spiro atoms. The third kappa shape index (κ3) is 4.42. The van der Waals surface area contributed by atoms with E-state index in [4.69, 9.17) is 4.74 Å². The average Bonchev–Trinajstić information content (AvgIpc) is 2.88. The van der Waals surface area contributed by atoms with Gasteiger partial charge in [0.05, 0.1) is 36.5 Å². The Bertz CT molecular complexity index is 1350. The number of hydrogen-bond acceptors (Lipinski definition) is 4. The van der Waals surface area contributed by atoms with Crippen LogP contribution in [0.25, 0.3) is 22.3 Å². The lowest BCUT2D eigenvalue weighted by molar-refractivity contribution is 0.409. The molecule has 0 aliphatic carbocycles. The van der Waals surface area contributed by atoms with Crippen LogP contribution >= 0.6 is 0 Å². The van der Waals surface area contributed by atoms with Gasteiger partial charge in [-0.05, 0) is 47.9 Å². The number of nitrogens with zero attached hydrogens (tertiary/aromatic N) is 3. The molecule has 3 aromatic carbocycles. The Kier molecular flexibility index (Phi) is 6.37. The normalized spacial score (nSPS) is 12.5. The number of hydrogen-bond donors (Lipinski definition) is 0. The van der Waals surface area contributed by atoms with Gasteiger partial charge in [0, 0.05) is 11.5 Å². The first-order valence-corrected chi connectivity index (χ1v) is 10.8. The molecule has 0 N–H and O–H groups in total. The van der Waals surface area contributed by atoms with Gasteiger partial charge >= 0.3 is 0 Å². The fourth-order valence-electron chi connectivity index (χ4n) is 4.02. The minimum absolute atomic E-state index is 0.0906. The number of rotatable bonds is 6. The van der Waals surface area contributed by atoms with Gasteiger partial charge in [0.15, 0.2) is 0 Å². The van der Waals surface area contributed by atoms with Crippen LogP contribution in [0.2, 0.25) is 0 Å². The monoisotopic (exact) mass is 435 g/mol. The second kappa shape index (κ2) is 9.54. The average molecular weight is 436 g/mol. The first kappa shape index (κ1) is 22.0. The molecule has 164 valence electrons. The van der Waals surface area contributed by atoms with E-state index < -0.39 is 0 Å². The van der Waals surface area contributed by atoms with E-state index in [1.165, 1.54) is 0 Å². The number of ether oxygens (including phenoxy) is 1. The summed E-state index contributed by atoms with van der Waals surface area (Å²) in [6, 6.07) is 26.8. The molecule has 2 unspecified atom stereocenters. The van der Waals surface area contributed by atoms with Gasteiger partial charge in [-0.25, -0.2) is 4.68 Å². The summed E-state index contributed by atoms with van der Waals surface area (Å²) in [5.74, 6) is 0.806. The summed E-state index contributed by atoms with van der Waals surface area (Å²) in [7, 11) is 1.61. The van der Waals surface area contributed by atoms with Gasteiger partial charge in [0.2, 0.25) is 0 Å². The van der Waals surface area contributed by atoms with E-state index >= 15 is 0 Å². The van der Waals surface area contributed by atoms with Crippen molar-refractivity contribution in [1.29, 1.82) is 5.26 Å². The number of nitriles is 1. The smallest absolute Gasteiger partial charge is 0.275 e. The zero-order chi connectivity index (χ0) is 23.4. The molecule has 5 nitrogen and oxygen atoms in total. The van der Waals surface area contributed by atoms with Crippen LogP contribution in [0, 0.1) is 11.3 Å². The van der Waals surface area contributed by atoms with E-state index in [1.807, 2.05) is 61.5 Å². The van der Waals surface area contributed by atoms with E-state index in [2.05, 4.69) is 30.2 Å². The van der Waals surface area contributed by atoms with Gasteiger partial charge in [0.1, 0.15) is 5.75 Å². The second-order valence-corrected chi connectivity index (χ2v) is 8.04. The maximum Gasteiger partial charge on any atom is 0.275 e. The van der Waals surface area contributed by atoms with E-state index in [9.17, 15) is 10.1 Å². The summed E-state index contributed by atoms with van der Waals surface area (Å²) < 4.78 is 6.86. The van der Waals surface area contributed by atoms with Crippen molar-refractivity contribution < 1.29 is 4.74 Å². The van der Waals surface area contributed by atoms with Crippen molar-refractivity contribution >= 4 is 0 Å². The first-order chi connectivity index (χ1) is 16.0. The van der Waals surface area contributed by atoms with Crippen LogP contribution in [0.5, 0.6) is 5.75 Å². The molecule has 4 aromatic rings. The summed E-state index contributed by atoms with van der Waals surface area (Å²) in [5.41, 5.74) is 4.30. The maximum absolute atomic E-state index is 13.9. The Morgan fingerprint density at radius 1 is 0.939 bits per heavy atom. The lowest BCUT2D eigenvalue weighted by Gasteiger charge is -2.23. The second-order valence-electron chi connectivity index (χ2n) is 8.04. The van der Waals surface area contributed by atoms with Crippen molar-refractivity contribution in [3.63, 3.8) is 0 Å². The summed E-state index contributed by atoms with van der Waals surface area (Å²) in [4.78, 5) is 13.9. The maximum atomic E-state index is 13.9. The highest BCUT2D eigenvalue weighted by molar-refractivity contribution is 5.82. The van der Waals surface area contributed by atoms with E-state index in [0.717, 1.165) is 16.7 Å². The fraction of sp³-hybridized carbons (Fsp3) is 0.179. The predicted octanol–water partition coefficient (Wildman–Crippen LogP) is 5.82. The van der Waals surface area contributed by atoms with Crippen LogP contribution in [0.15, 0.2) is 89.9 Å². The Balaban J connectivity index is 1.89. The number of methoxy groups -OCH3 is 1. The van der Waals surface area contributed by atoms with Gasteiger partial charge in [-0.1, -0.05) is 61.5 Å². The highest BCUT2D eigenvalue weighted by Crippen LogP contribution is 2.32. The molecule has 0 fully saturated rings. The zero-order valence-corrected chi connectivity index (χ0v) is 18.9. The standard InChI is InChI=1S/C28H25N3O2/c1-19(22-9-5-4-6-10-22)20(2)31-28(32)27(23-12-14-25(33-3)15-13-23)26(18-30-31)24-11-7-8-21(16-24)17-29/h4-16,18-20H,1-3H3. The van der Waals surface area contributed by atoms with Crippen molar-refractivity contribution in [3.8, 4) is 34.1 Å². The van der Waals surface area contributed by atoms with Crippen molar-refractivity contribution in [2.45, 2.75) is 25.8 Å². The minimum Gasteiger partial charge on any atom is -0.497 e. The van der Waals surface area contributed by atoms with Crippen LogP contribution in [-0.4, -0.2) is 16.9 Å². The van der Waals surface area contributed by atoms with Crippen LogP contribution in [0.3, 0.4) is 0 Å². The summed E-state index contributed by atoms with van der Waals surface area (Å²) in [5, 5.41) is 13.9. The van der Waals surface area contributed by atoms with E-state index in [0.29, 0.717) is 22.4 Å². The Morgan fingerprint density at radius 3 is 2.33 bits per heavy atom. The molecule has 0 saturated carbocycles. The van der Waals surface area contributed by atoms with E-state index in [1.54, 1.807) is 30.1 Å². The molecule has 0 bridgehead atoms. The van der Waals surface area contributed by atoms with Crippen molar-refractivity contribution in [2.24, 2.45) is 0 Å². The Labute approximate surface area is 193 Å². The quantitative estimate of drug-likeness (QED) is 0.383. The molecule has 1 aromatic heterocycles. The molecule has 5 heteroatoms. The third-order valence-corrected chi connectivity index (χ3v) is 6.12. The predicted molar refractivity (Wildman–Crippen MR) is 130 cm³/mol. The molecule has 0 amide bonds. The van der Waals surface area contributed by atoms with Gasteiger partial charge in [-0.15, -0.1) is 0 Å². The van der Waals surface area contributed by atoms with Gasteiger partial charge in [0.25, 0.3) is 5.56 Å². The highest BCUT2D eigenvalue weighted by atomic mass is 16.5. The molecule has 4 rings (SSSR count). The van der Waals surface area contributed by atoms with Crippen LogP contribution in [-0.2, 0) is 0 Å². The SMILES string of the molecule is COc1ccc(-c2c(-c3cccc(C#N)c3)cnn(C(C)C(C)c3ccccc3)c2=O)cc1. The van der Waals surface area contributed by atoms with Gasteiger partial charge < -0.3 is 4.74 Å². The molecule has 2 atom stereocenters. The molecule has 33 heavy (non-hydrogen) atoms. The van der Waals surface area contributed by atoms with Crippen molar-refractivity contribution in [1.82, 2.24) is 9.78 Å². The van der Waals surface area contributed by atoms with E-state index in [-0.39, 0.29) is 17.5 Å². The molecule has 1 heterocycles. The van der Waals surface area contributed by atoms with Crippen LogP contribution in [0.1, 0.15) is 36.9 Å². The zero-order valence-electron chi connectivity index (χ0n) is 18.9. The first-order valence-electron chi connectivity index (χ1n) is 10.8. The molecular weight excluding hydrogens is 410 g/mol. The van der Waals surface area contributed by atoms with Gasteiger partial charge in [-0.2, -0.15) is 10.4 Å². The summed E-state index contributed by atoms with van der Waals surface area (Å²) in [6.45, 7) is 4.12. The minimum atomic E-state index is -0.171. The van der Waals surface area contributed by atoms with Crippen LogP contribution in [0.4, 0.5) is 0 Å². The largest absolute Gasteiger partial charge is 0.497 e. The summed E-state index contributed by atoms with van der Waals surface area (Å²) >= 11 is 0. The summed E-state index contributed by atoms with van der Waals surface area (Å²) in [6.07, 6.45) is 1.73. The topological polar surface area (TPSA) is 67.9 Å². The highest BCUT2D eigenvalue weighted by Gasteiger charge is 2.22. The molecule has 0 radical (unpaired) electrons. The molecule has 0 saturated heterocycles. The Morgan fingerprint density at radius 2 is 1.67 bits per heavy atom.